The van der Waals surface area contributed by atoms with E-state index in [4.69, 9.17) is 23.2 Å². The quantitative estimate of drug-likeness (QED) is 0.493. The summed E-state index contributed by atoms with van der Waals surface area (Å²) >= 11 is 12.4. The number of nitrogens with zero attached hydrogens (tertiary/aromatic N) is 1. The Labute approximate surface area is 202 Å². The van der Waals surface area contributed by atoms with Crippen LogP contribution in [0.5, 0.6) is 0 Å². The van der Waals surface area contributed by atoms with E-state index < -0.39 is 0 Å². The Kier molecular flexibility index (Phi) is 5.87. The Morgan fingerprint density at radius 2 is 1.85 bits per heavy atom. The van der Waals surface area contributed by atoms with Gasteiger partial charge in [0, 0.05) is 41.1 Å². The van der Waals surface area contributed by atoms with E-state index in [0.29, 0.717) is 39.3 Å². The average Bonchev–Trinajstić information content (AvgIpc) is 2.86. The molecule has 0 bridgehead atoms. The van der Waals surface area contributed by atoms with Crippen LogP contribution in [0.15, 0.2) is 60.7 Å². The third kappa shape index (κ3) is 4.12. The van der Waals surface area contributed by atoms with Gasteiger partial charge in [-0.25, -0.2) is 0 Å². The second-order valence-electron chi connectivity index (χ2n) is 8.56. The number of hydrogen-bond acceptors (Lipinski definition) is 3. The highest BCUT2D eigenvalue weighted by Crippen LogP contribution is 2.42. The van der Waals surface area contributed by atoms with Crippen LogP contribution in [0.1, 0.15) is 44.3 Å². The lowest BCUT2D eigenvalue weighted by molar-refractivity contribution is 0.0983. The first-order valence-corrected chi connectivity index (χ1v) is 11.7. The molecule has 2 amide bonds. The van der Waals surface area contributed by atoms with E-state index in [2.05, 4.69) is 10.6 Å². The van der Waals surface area contributed by atoms with Gasteiger partial charge in [-0.05, 0) is 78.9 Å². The summed E-state index contributed by atoms with van der Waals surface area (Å²) in [7, 11) is 0. The molecule has 168 valence electrons. The van der Waals surface area contributed by atoms with Gasteiger partial charge in [-0.1, -0.05) is 35.3 Å². The van der Waals surface area contributed by atoms with Gasteiger partial charge in [0.25, 0.3) is 11.8 Å². The number of carbonyl (C=O) groups is 2. The number of anilines is 2. The Balaban J connectivity index is 1.41. The number of aryl methyl sites for hydroxylation is 1. The Morgan fingerprint density at radius 1 is 1.03 bits per heavy atom. The summed E-state index contributed by atoms with van der Waals surface area (Å²) in [6.45, 7) is 3.49. The van der Waals surface area contributed by atoms with Crippen molar-refractivity contribution in [1.82, 2.24) is 5.32 Å². The van der Waals surface area contributed by atoms with Crippen molar-refractivity contribution < 1.29 is 9.59 Å². The third-order valence-corrected chi connectivity index (χ3v) is 7.05. The van der Waals surface area contributed by atoms with Gasteiger partial charge in [0.1, 0.15) is 0 Å². The van der Waals surface area contributed by atoms with Crippen LogP contribution in [0.2, 0.25) is 10.0 Å². The summed E-state index contributed by atoms with van der Waals surface area (Å²) in [5, 5.41) is 7.41. The van der Waals surface area contributed by atoms with Crippen molar-refractivity contribution in [2.75, 3.05) is 23.3 Å². The zero-order valence-electron chi connectivity index (χ0n) is 18.1. The van der Waals surface area contributed by atoms with Crippen LogP contribution in [0, 0.1) is 12.8 Å². The summed E-state index contributed by atoms with van der Waals surface area (Å²) in [5.74, 6) is 0.158. The summed E-state index contributed by atoms with van der Waals surface area (Å²) in [5.41, 5.74) is 4.39. The first-order chi connectivity index (χ1) is 15.9. The highest BCUT2D eigenvalue weighted by molar-refractivity contribution is 6.34. The maximum atomic E-state index is 13.6. The fourth-order valence-corrected chi connectivity index (χ4v) is 5.05. The maximum Gasteiger partial charge on any atom is 0.258 e. The molecule has 3 aromatic rings. The summed E-state index contributed by atoms with van der Waals surface area (Å²) in [6.07, 6.45) is 0.931. The Morgan fingerprint density at radius 3 is 2.58 bits per heavy atom. The molecule has 7 heteroatoms. The number of fused-ring (bicyclic) bond motifs is 3. The molecule has 2 atom stereocenters. The van der Waals surface area contributed by atoms with Gasteiger partial charge in [0.05, 0.1) is 10.6 Å². The monoisotopic (exact) mass is 479 g/mol. The minimum Gasteiger partial charge on any atom is -0.322 e. The second-order valence-corrected chi connectivity index (χ2v) is 9.40. The zero-order valence-corrected chi connectivity index (χ0v) is 19.6. The first kappa shape index (κ1) is 22.0. The minimum absolute atomic E-state index is 0.0543. The lowest BCUT2D eigenvalue weighted by Gasteiger charge is -2.37. The molecule has 2 N–H and O–H groups in total. The predicted molar refractivity (Wildman–Crippen MR) is 133 cm³/mol. The number of benzene rings is 3. The molecule has 3 aromatic carbocycles. The third-order valence-electron chi connectivity index (χ3n) is 6.49. The molecular weight excluding hydrogens is 457 g/mol. The van der Waals surface area contributed by atoms with E-state index in [0.717, 1.165) is 29.8 Å². The van der Waals surface area contributed by atoms with Crippen molar-refractivity contribution in [2.45, 2.75) is 19.4 Å². The van der Waals surface area contributed by atoms with Gasteiger partial charge < -0.3 is 15.5 Å². The first-order valence-electron chi connectivity index (χ1n) is 10.9. The van der Waals surface area contributed by atoms with Crippen molar-refractivity contribution in [1.29, 1.82) is 0 Å². The van der Waals surface area contributed by atoms with Gasteiger partial charge in [0.2, 0.25) is 0 Å². The van der Waals surface area contributed by atoms with E-state index in [1.807, 2.05) is 36.1 Å². The van der Waals surface area contributed by atoms with Crippen molar-refractivity contribution in [3.63, 3.8) is 0 Å². The molecule has 2 aliphatic rings. The van der Waals surface area contributed by atoms with E-state index in [-0.39, 0.29) is 17.9 Å². The number of halogens is 2. The lowest BCUT2D eigenvalue weighted by atomic mass is 9.84. The minimum atomic E-state index is -0.291. The summed E-state index contributed by atoms with van der Waals surface area (Å²) in [6, 6.07) is 18.2. The average molecular weight is 480 g/mol. The van der Waals surface area contributed by atoms with E-state index in [9.17, 15) is 9.59 Å². The van der Waals surface area contributed by atoms with Crippen LogP contribution >= 0.6 is 23.2 Å². The number of carbonyl (C=O) groups excluding carboxylic acids is 2. The lowest BCUT2D eigenvalue weighted by Crippen LogP contribution is -2.45. The molecule has 5 nitrogen and oxygen atoms in total. The standard InChI is InChI=1S/C26H23Cl2N3O2/c1-15-12-18(30-25(32)20-4-2-3-5-22(20)28)7-8-19(15)26(33)31-11-10-16-14-29-24(16)21-13-17(27)6-9-23(21)31/h2-9,12-13,16,24,29H,10-11,14H2,1H3,(H,30,32)/t16-,24-/m1/s1. The molecule has 0 aromatic heterocycles. The molecule has 1 fully saturated rings. The van der Waals surface area contributed by atoms with Gasteiger partial charge in [-0.15, -0.1) is 0 Å². The fraction of sp³-hybridized carbons (Fsp3) is 0.231. The molecule has 0 spiro atoms. The molecule has 2 heterocycles. The van der Waals surface area contributed by atoms with Crippen LogP contribution in [-0.4, -0.2) is 24.9 Å². The van der Waals surface area contributed by atoms with Gasteiger partial charge in [-0.3, -0.25) is 9.59 Å². The van der Waals surface area contributed by atoms with Gasteiger partial charge in [-0.2, -0.15) is 0 Å². The zero-order chi connectivity index (χ0) is 23.1. The van der Waals surface area contributed by atoms with Gasteiger partial charge in [0.15, 0.2) is 0 Å². The van der Waals surface area contributed by atoms with Crippen molar-refractivity contribution in [3.05, 3.63) is 93.0 Å². The van der Waals surface area contributed by atoms with Crippen LogP contribution in [-0.2, 0) is 0 Å². The number of amides is 2. The van der Waals surface area contributed by atoms with Crippen molar-refractivity contribution >= 4 is 46.4 Å². The van der Waals surface area contributed by atoms with Crippen molar-refractivity contribution in [2.24, 2.45) is 5.92 Å². The molecule has 5 rings (SSSR count). The fourth-order valence-electron chi connectivity index (χ4n) is 4.65. The number of rotatable bonds is 3. The van der Waals surface area contributed by atoms with Crippen LogP contribution in [0.4, 0.5) is 11.4 Å². The Bertz CT molecular complexity index is 1260. The molecular formula is C26H23Cl2N3O2. The molecule has 0 aliphatic carbocycles. The molecule has 0 radical (unpaired) electrons. The molecule has 2 aliphatic heterocycles. The largest absolute Gasteiger partial charge is 0.322 e. The second kappa shape index (κ2) is 8.82. The smallest absolute Gasteiger partial charge is 0.258 e. The molecule has 0 unspecified atom stereocenters. The number of hydrogen-bond donors (Lipinski definition) is 2. The van der Waals surface area contributed by atoms with Crippen molar-refractivity contribution in [3.8, 4) is 0 Å². The maximum absolute atomic E-state index is 13.6. The highest BCUT2D eigenvalue weighted by atomic mass is 35.5. The SMILES string of the molecule is Cc1cc(NC(=O)c2ccccc2Cl)ccc1C(=O)N1CC[C@@H]2CN[C@H]2c2cc(Cl)ccc21. The van der Waals surface area contributed by atoms with E-state index in [1.165, 1.54) is 0 Å². The highest BCUT2D eigenvalue weighted by Gasteiger charge is 2.38. The van der Waals surface area contributed by atoms with E-state index >= 15 is 0 Å². The normalized spacial score (nSPS) is 19.1. The molecule has 1 saturated heterocycles. The van der Waals surface area contributed by atoms with Crippen LogP contribution in [0.25, 0.3) is 0 Å². The molecule has 33 heavy (non-hydrogen) atoms. The predicted octanol–water partition coefficient (Wildman–Crippen LogP) is 5.87. The van der Waals surface area contributed by atoms with Crippen LogP contribution in [0.3, 0.4) is 0 Å². The molecule has 0 saturated carbocycles. The summed E-state index contributed by atoms with van der Waals surface area (Å²) in [4.78, 5) is 28.1. The summed E-state index contributed by atoms with van der Waals surface area (Å²) < 4.78 is 0. The van der Waals surface area contributed by atoms with Crippen LogP contribution < -0.4 is 15.5 Å². The topological polar surface area (TPSA) is 61.4 Å². The number of nitrogens with one attached hydrogen (secondary N) is 2. The van der Waals surface area contributed by atoms with E-state index in [1.54, 1.807) is 36.4 Å². The van der Waals surface area contributed by atoms with Gasteiger partial charge >= 0.3 is 0 Å². The Hall–Kier alpha value is -2.86.